The topological polar surface area (TPSA) is 35.2 Å². The standard InChI is InChI=1S/C29H40N4/c1-5-26-27-18-23(8-9-28(27)31-29(26)24-10-13-30-21(4)17-24)22-11-15-32(16-12-22)19-25-7-6-14-33(25)20(2)3/h8-10,13,17-18,20,22,25,31H,5-7,11-12,14-16,19H2,1-4H3. The summed E-state index contributed by atoms with van der Waals surface area (Å²) < 4.78 is 0. The second-order valence-electron chi connectivity index (χ2n) is 10.5. The highest BCUT2D eigenvalue weighted by molar-refractivity contribution is 5.91. The largest absolute Gasteiger partial charge is 0.354 e. The van der Waals surface area contributed by atoms with Gasteiger partial charge in [-0.15, -0.1) is 0 Å². The Hall–Kier alpha value is -2.17. The van der Waals surface area contributed by atoms with Crippen LogP contribution in [-0.2, 0) is 6.42 Å². The van der Waals surface area contributed by atoms with Crippen LogP contribution < -0.4 is 0 Å². The number of H-pyrrole nitrogens is 1. The van der Waals surface area contributed by atoms with Gasteiger partial charge in [0.25, 0.3) is 0 Å². The van der Waals surface area contributed by atoms with Crippen molar-refractivity contribution < 1.29 is 0 Å². The quantitative estimate of drug-likeness (QED) is 0.495. The maximum absolute atomic E-state index is 4.38. The molecule has 2 aromatic heterocycles. The van der Waals surface area contributed by atoms with Crippen molar-refractivity contribution in [3.8, 4) is 11.3 Å². The van der Waals surface area contributed by atoms with Crippen LogP contribution in [-0.4, -0.2) is 58.0 Å². The number of aryl methyl sites for hydroxylation is 2. The fourth-order valence-electron chi connectivity index (χ4n) is 6.31. The predicted molar refractivity (Wildman–Crippen MR) is 139 cm³/mol. The van der Waals surface area contributed by atoms with E-state index in [1.807, 2.05) is 6.20 Å². The van der Waals surface area contributed by atoms with E-state index in [0.29, 0.717) is 12.0 Å². The number of aromatic amines is 1. The summed E-state index contributed by atoms with van der Waals surface area (Å²) in [6.45, 7) is 14.1. The molecule has 0 radical (unpaired) electrons. The molecule has 1 N–H and O–H groups in total. The molecule has 5 rings (SSSR count). The number of hydrogen-bond donors (Lipinski definition) is 1. The zero-order valence-electron chi connectivity index (χ0n) is 20.9. The highest BCUT2D eigenvalue weighted by Crippen LogP contribution is 2.35. The zero-order chi connectivity index (χ0) is 22.9. The van der Waals surface area contributed by atoms with Gasteiger partial charge in [0, 0.05) is 52.7 Å². The van der Waals surface area contributed by atoms with Crippen LogP contribution in [0.1, 0.15) is 69.2 Å². The molecule has 4 heterocycles. The van der Waals surface area contributed by atoms with Gasteiger partial charge in [-0.05, 0) is 114 Å². The van der Waals surface area contributed by atoms with E-state index in [1.165, 1.54) is 85.1 Å². The zero-order valence-corrected chi connectivity index (χ0v) is 20.9. The van der Waals surface area contributed by atoms with E-state index in [9.17, 15) is 0 Å². The number of benzene rings is 1. The minimum absolute atomic E-state index is 0.678. The molecular weight excluding hydrogens is 404 g/mol. The van der Waals surface area contributed by atoms with Gasteiger partial charge in [-0.2, -0.15) is 0 Å². The third-order valence-electron chi connectivity index (χ3n) is 8.08. The van der Waals surface area contributed by atoms with Crippen molar-refractivity contribution in [1.82, 2.24) is 19.8 Å². The molecule has 0 spiro atoms. The molecule has 0 aliphatic carbocycles. The minimum Gasteiger partial charge on any atom is -0.354 e. The lowest BCUT2D eigenvalue weighted by atomic mass is 9.88. The van der Waals surface area contributed by atoms with Crippen molar-refractivity contribution in [3.63, 3.8) is 0 Å². The number of piperidine rings is 1. The molecule has 2 fully saturated rings. The Balaban J connectivity index is 1.31. The normalized spacial score (nSPS) is 20.9. The third kappa shape index (κ3) is 4.61. The maximum Gasteiger partial charge on any atom is 0.0498 e. The highest BCUT2D eigenvalue weighted by atomic mass is 15.2. The Morgan fingerprint density at radius 3 is 2.61 bits per heavy atom. The van der Waals surface area contributed by atoms with Gasteiger partial charge >= 0.3 is 0 Å². The summed E-state index contributed by atoms with van der Waals surface area (Å²) in [5.74, 6) is 0.682. The van der Waals surface area contributed by atoms with Crippen molar-refractivity contribution in [2.45, 2.75) is 77.8 Å². The lowest BCUT2D eigenvalue weighted by Crippen LogP contribution is -2.45. The van der Waals surface area contributed by atoms with Crippen LogP contribution in [0.4, 0.5) is 0 Å². The van der Waals surface area contributed by atoms with Crippen molar-refractivity contribution in [2.24, 2.45) is 0 Å². The first-order valence-electron chi connectivity index (χ1n) is 13.1. The number of likely N-dealkylation sites (tertiary alicyclic amines) is 2. The van der Waals surface area contributed by atoms with Gasteiger partial charge in [0.2, 0.25) is 0 Å². The van der Waals surface area contributed by atoms with Gasteiger partial charge < -0.3 is 9.88 Å². The van der Waals surface area contributed by atoms with Crippen LogP contribution in [0.2, 0.25) is 0 Å². The van der Waals surface area contributed by atoms with Crippen molar-refractivity contribution in [1.29, 1.82) is 0 Å². The smallest absolute Gasteiger partial charge is 0.0498 e. The van der Waals surface area contributed by atoms with Gasteiger partial charge in [-0.25, -0.2) is 0 Å². The number of rotatable bonds is 6. The molecule has 3 aromatic rings. The van der Waals surface area contributed by atoms with E-state index < -0.39 is 0 Å². The van der Waals surface area contributed by atoms with Gasteiger partial charge in [-0.3, -0.25) is 9.88 Å². The summed E-state index contributed by atoms with van der Waals surface area (Å²) in [5, 5.41) is 1.40. The molecule has 2 saturated heterocycles. The first-order chi connectivity index (χ1) is 16.0. The molecular formula is C29H40N4. The molecule has 0 bridgehead atoms. The first-order valence-corrected chi connectivity index (χ1v) is 13.1. The maximum atomic E-state index is 4.38. The molecule has 4 heteroatoms. The summed E-state index contributed by atoms with van der Waals surface area (Å²) in [4.78, 5) is 13.5. The molecule has 0 saturated carbocycles. The Morgan fingerprint density at radius 2 is 1.88 bits per heavy atom. The fourth-order valence-corrected chi connectivity index (χ4v) is 6.31. The molecule has 1 aromatic carbocycles. The second-order valence-corrected chi connectivity index (χ2v) is 10.5. The summed E-state index contributed by atoms with van der Waals surface area (Å²) >= 11 is 0. The number of nitrogens with zero attached hydrogens (tertiary/aromatic N) is 3. The van der Waals surface area contributed by atoms with E-state index in [-0.39, 0.29) is 0 Å². The number of hydrogen-bond acceptors (Lipinski definition) is 3. The predicted octanol–water partition coefficient (Wildman–Crippen LogP) is 6.15. The van der Waals surface area contributed by atoms with Crippen molar-refractivity contribution in [3.05, 3.63) is 53.3 Å². The van der Waals surface area contributed by atoms with Crippen LogP contribution >= 0.6 is 0 Å². The Bertz CT molecular complexity index is 1090. The summed E-state index contributed by atoms with van der Waals surface area (Å²) in [6.07, 6.45) is 8.26. The Labute approximate surface area is 199 Å². The molecule has 0 amide bonds. The van der Waals surface area contributed by atoms with Crippen LogP contribution in [0, 0.1) is 6.92 Å². The van der Waals surface area contributed by atoms with E-state index in [1.54, 1.807) is 0 Å². The monoisotopic (exact) mass is 444 g/mol. The van der Waals surface area contributed by atoms with Crippen LogP contribution in [0.15, 0.2) is 36.5 Å². The molecule has 33 heavy (non-hydrogen) atoms. The SMILES string of the molecule is CCc1c(-c2ccnc(C)c2)[nH]c2ccc(C3CCN(CC4CCCN4C(C)C)CC3)cc12. The van der Waals surface area contributed by atoms with E-state index in [4.69, 9.17) is 0 Å². The van der Waals surface area contributed by atoms with Crippen molar-refractivity contribution >= 4 is 10.9 Å². The second kappa shape index (κ2) is 9.60. The molecule has 4 nitrogen and oxygen atoms in total. The molecule has 176 valence electrons. The minimum atomic E-state index is 0.678. The lowest BCUT2D eigenvalue weighted by molar-refractivity contribution is 0.127. The molecule has 2 aliphatic heterocycles. The number of fused-ring (bicyclic) bond motifs is 1. The average Bonchev–Trinajstić information content (AvgIpc) is 3.43. The lowest BCUT2D eigenvalue weighted by Gasteiger charge is -2.37. The van der Waals surface area contributed by atoms with Gasteiger partial charge in [0.1, 0.15) is 0 Å². The van der Waals surface area contributed by atoms with E-state index in [0.717, 1.165) is 18.2 Å². The fraction of sp³-hybridized carbons (Fsp3) is 0.552. The summed E-state index contributed by atoms with van der Waals surface area (Å²) in [6, 6.07) is 12.9. The van der Waals surface area contributed by atoms with Crippen LogP contribution in [0.3, 0.4) is 0 Å². The van der Waals surface area contributed by atoms with Crippen LogP contribution in [0.25, 0.3) is 22.2 Å². The van der Waals surface area contributed by atoms with Gasteiger partial charge in [0.05, 0.1) is 0 Å². The average molecular weight is 445 g/mol. The first kappa shape index (κ1) is 22.6. The number of aromatic nitrogens is 2. The van der Waals surface area contributed by atoms with E-state index >= 15 is 0 Å². The van der Waals surface area contributed by atoms with Gasteiger partial charge in [0.15, 0.2) is 0 Å². The molecule has 1 unspecified atom stereocenters. The third-order valence-corrected chi connectivity index (χ3v) is 8.08. The number of nitrogens with one attached hydrogen (secondary N) is 1. The summed E-state index contributed by atoms with van der Waals surface area (Å²) in [7, 11) is 0. The molecule has 1 atom stereocenters. The van der Waals surface area contributed by atoms with Crippen LogP contribution in [0.5, 0.6) is 0 Å². The Kier molecular flexibility index (Phi) is 6.58. The Morgan fingerprint density at radius 1 is 1.06 bits per heavy atom. The van der Waals surface area contributed by atoms with Crippen molar-refractivity contribution in [2.75, 3.05) is 26.2 Å². The molecule has 2 aliphatic rings. The highest BCUT2D eigenvalue weighted by Gasteiger charge is 2.30. The van der Waals surface area contributed by atoms with Gasteiger partial charge in [-0.1, -0.05) is 13.0 Å². The number of pyridine rings is 1. The van der Waals surface area contributed by atoms with E-state index in [2.05, 4.69) is 77.8 Å². The summed E-state index contributed by atoms with van der Waals surface area (Å²) in [5.41, 5.74) is 7.79.